The van der Waals surface area contributed by atoms with Gasteiger partial charge in [-0.05, 0) is 35.9 Å². The lowest BCUT2D eigenvalue weighted by Gasteiger charge is -2.12. The minimum atomic E-state index is -0.507. The fraction of sp³-hybridized carbons (Fsp3) is 0.0625. The number of amides is 1. The highest BCUT2D eigenvalue weighted by atomic mass is 16.5. The lowest BCUT2D eigenvalue weighted by Crippen LogP contribution is -2.24. The number of ether oxygens (including phenoxy) is 1. The van der Waals surface area contributed by atoms with E-state index < -0.39 is 5.91 Å². The molecule has 0 fully saturated rings. The number of nitrogens with zero attached hydrogens (tertiary/aromatic N) is 1. The van der Waals surface area contributed by atoms with Gasteiger partial charge in [0.05, 0.1) is 12.8 Å². The van der Waals surface area contributed by atoms with Crippen molar-refractivity contribution >= 4 is 17.7 Å². The molecule has 0 saturated heterocycles. The zero-order valence-corrected chi connectivity index (χ0v) is 11.1. The Kier molecular flexibility index (Phi) is 4.52. The molecule has 4 nitrogen and oxygen atoms in total. The SMILES string of the molecule is COc1ccc(C=CC(=O)N(O)c2ccccc2)cc1. The molecule has 0 bridgehead atoms. The summed E-state index contributed by atoms with van der Waals surface area (Å²) < 4.78 is 5.05. The minimum absolute atomic E-state index is 0.428. The van der Waals surface area contributed by atoms with Crippen LogP contribution in [0.25, 0.3) is 6.08 Å². The molecule has 0 saturated carbocycles. The maximum absolute atomic E-state index is 11.8. The van der Waals surface area contributed by atoms with Gasteiger partial charge in [-0.2, -0.15) is 5.06 Å². The highest BCUT2D eigenvalue weighted by Gasteiger charge is 2.08. The lowest BCUT2D eigenvalue weighted by atomic mass is 10.2. The number of benzene rings is 2. The van der Waals surface area contributed by atoms with Crippen molar-refractivity contribution in [3.05, 3.63) is 66.2 Å². The summed E-state index contributed by atoms with van der Waals surface area (Å²) in [6.07, 6.45) is 2.95. The van der Waals surface area contributed by atoms with E-state index in [-0.39, 0.29) is 0 Å². The molecular formula is C16H15NO3. The first-order valence-corrected chi connectivity index (χ1v) is 6.11. The number of rotatable bonds is 4. The molecular weight excluding hydrogens is 254 g/mol. The summed E-state index contributed by atoms with van der Waals surface area (Å²) in [4.78, 5) is 11.8. The van der Waals surface area contributed by atoms with Gasteiger partial charge in [-0.15, -0.1) is 0 Å². The van der Waals surface area contributed by atoms with Crippen molar-refractivity contribution in [2.45, 2.75) is 0 Å². The Hall–Kier alpha value is -2.59. The molecule has 20 heavy (non-hydrogen) atoms. The third-order valence-corrected chi connectivity index (χ3v) is 2.74. The van der Waals surface area contributed by atoms with Crippen LogP contribution in [-0.2, 0) is 4.79 Å². The van der Waals surface area contributed by atoms with Gasteiger partial charge in [-0.1, -0.05) is 30.3 Å². The van der Waals surface area contributed by atoms with Gasteiger partial charge in [-0.25, -0.2) is 0 Å². The maximum Gasteiger partial charge on any atom is 0.274 e. The number of hydrogen-bond acceptors (Lipinski definition) is 3. The third kappa shape index (κ3) is 3.46. The minimum Gasteiger partial charge on any atom is -0.497 e. The number of hydroxylamine groups is 1. The van der Waals surface area contributed by atoms with Crippen molar-refractivity contribution < 1.29 is 14.7 Å². The maximum atomic E-state index is 11.8. The molecule has 0 heterocycles. The quantitative estimate of drug-likeness (QED) is 0.527. The predicted octanol–water partition coefficient (Wildman–Crippen LogP) is 3.13. The third-order valence-electron chi connectivity index (χ3n) is 2.74. The van der Waals surface area contributed by atoms with Crippen molar-refractivity contribution in [3.63, 3.8) is 0 Å². The van der Waals surface area contributed by atoms with E-state index in [4.69, 9.17) is 4.74 Å². The van der Waals surface area contributed by atoms with Crippen molar-refractivity contribution in [1.29, 1.82) is 0 Å². The second-order valence-corrected chi connectivity index (χ2v) is 4.09. The summed E-state index contributed by atoms with van der Waals surface area (Å²) in [5.74, 6) is 0.244. The van der Waals surface area contributed by atoms with Gasteiger partial charge in [0.1, 0.15) is 5.75 Å². The molecule has 0 unspecified atom stereocenters. The van der Waals surface area contributed by atoms with Crippen molar-refractivity contribution in [2.75, 3.05) is 12.2 Å². The number of carbonyl (C=O) groups excluding carboxylic acids is 1. The van der Waals surface area contributed by atoms with Crippen LogP contribution < -0.4 is 9.80 Å². The van der Waals surface area contributed by atoms with Crippen LogP contribution >= 0.6 is 0 Å². The summed E-state index contributed by atoms with van der Waals surface area (Å²) in [6, 6.07) is 15.9. The first-order chi connectivity index (χ1) is 9.70. The van der Waals surface area contributed by atoms with Crippen LogP contribution in [0.2, 0.25) is 0 Å². The number of methoxy groups -OCH3 is 1. The van der Waals surface area contributed by atoms with Gasteiger partial charge in [-0.3, -0.25) is 10.0 Å². The van der Waals surface area contributed by atoms with Crippen LogP contribution in [0, 0.1) is 0 Å². The zero-order valence-electron chi connectivity index (χ0n) is 11.1. The van der Waals surface area contributed by atoms with Gasteiger partial charge in [0.2, 0.25) is 0 Å². The van der Waals surface area contributed by atoms with Crippen molar-refractivity contribution in [1.82, 2.24) is 0 Å². The second-order valence-electron chi connectivity index (χ2n) is 4.09. The Bertz CT molecular complexity index is 591. The molecule has 0 radical (unpaired) electrons. The van der Waals surface area contributed by atoms with E-state index in [2.05, 4.69) is 0 Å². The van der Waals surface area contributed by atoms with Crippen LogP contribution in [-0.4, -0.2) is 18.2 Å². The van der Waals surface area contributed by atoms with Gasteiger partial charge in [0, 0.05) is 6.08 Å². The van der Waals surface area contributed by atoms with Crippen molar-refractivity contribution in [3.8, 4) is 5.75 Å². The van der Waals surface area contributed by atoms with E-state index in [1.54, 1.807) is 49.6 Å². The van der Waals surface area contributed by atoms with E-state index >= 15 is 0 Å². The Labute approximate surface area is 117 Å². The van der Waals surface area contributed by atoms with Crippen molar-refractivity contribution in [2.24, 2.45) is 0 Å². The Morgan fingerprint density at radius 2 is 1.75 bits per heavy atom. The fourth-order valence-corrected chi connectivity index (χ4v) is 1.65. The number of para-hydroxylation sites is 1. The molecule has 2 aromatic rings. The number of carbonyl (C=O) groups is 1. The second kappa shape index (κ2) is 6.54. The summed E-state index contributed by atoms with van der Waals surface area (Å²) in [7, 11) is 1.60. The molecule has 0 aromatic heterocycles. The van der Waals surface area contributed by atoms with E-state index in [0.29, 0.717) is 10.8 Å². The molecule has 0 spiro atoms. The highest BCUT2D eigenvalue weighted by molar-refractivity contribution is 6.02. The van der Waals surface area contributed by atoms with Gasteiger partial charge in [0.25, 0.3) is 5.91 Å². The molecule has 0 aliphatic carbocycles. The van der Waals surface area contributed by atoms with E-state index in [9.17, 15) is 10.0 Å². The Morgan fingerprint density at radius 3 is 2.35 bits per heavy atom. The van der Waals surface area contributed by atoms with Crippen LogP contribution in [0.15, 0.2) is 60.7 Å². The molecule has 2 rings (SSSR count). The normalized spacial score (nSPS) is 10.5. The van der Waals surface area contributed by atoms with Crippen LogP contribution in [0.4, 0.5) is 5.69 Å². The molecule has 4 heteroatoms. The smallest absolute Gasteiger partial charge is 0.274 e. The molecule has 0 aliphatic heterocycles. The van der Waals surface area contributed by atoms with Crippen LogP contribution in [0.5, 0.6) is 5.75 Å². The predicted molar refractivity (Wildman–Crippen MR) is 77.7 cm³/mol. The van der Waals surface area contributed by atoms with E-state index in [1.165, 1.54) is 6.08 Å². The zero-order chi connectivity index (χ0) is 14.4. The van der Waals surface area contributed by atoms with Gasteiger partial charge in [0.15, 0.2) is 0 Å². The Balaban J connectivity index is 2.05. The molecule has 1 N–H and O–H groups in total. The van der Waals surface area contributed by atoms with Crippen LogP contribution in [0.3, 0.4) is 0 Å². The van der Waals surface area contributed by atoms with Crippen LogP contribution in [0.1, 0.15) is 5.56 Å². The summed E-state index contributed by atoms with van der Waals surface area (Å²) in [6.45, 7) is 0. The molecule has 0 aliphatic rings. The monoisotopic (exact) mass is 269 g/mol. The average Bonchev–Trinajstić information content (AvgIpc) is 2.53. The first-order valence-electron chi connectivity index (χ1n) is 6.11. The topological polar surface area (TPSA) is 49.8 Å². The largest absolute Gasteiger partial charge is 0.497 e. The molecule has 102 valence electrons. The fourth-order valence-electron chi connectivity index (χ4n) is 1.65. The number of hydrogen-bond donors (Lipinski definition) is 1. The lowest BCUT2D eigenvalue weighted by molar-refractivity contribution is -0.118. The summed E-state index contributed by atoms with van der Waals surface area (Å²) in [5.41, 5.74) is 1.28. The van der Waals surface area contributed by atoms with E-state index in [1.807, 2.05) is 18.2 Å². The highest BCUT2D eigenvalue weighted by Crippen LogP contribution is 2.14. The summed E-state index contributed by atoms with van der Waals surface area (Å²) in [5, 5.41) is 10.4. The standard InChI is InChI=1S/C16H15NO3/c1-20-15-10-7-13(8-11-15)9-12-16(18)17(19)14-5-3-2-4-6-14/h2-12,19H,1H3. The molecule has 2 aromatic carbocycles. The summed E-state index contributed by atoms with van der Waals surface area (Å²) >= 11 is 0. The average molecular weight is 269 g/mol. The molecule has 0 atom stereocenters. The van der Waals surface area contributed by atoms with Gasteiger partial charge >= 0.3 is 0 Å². The molecule has 1 amide bonds. The first kappa shape index (κ1) is 13.8. The van der Waals surface area contributed by atoms with E-state index in [0.717, 1.165) is 11.3 Å². The Morgan fingerprint density at radius 1 is 1.10 bits per heavy atom. The van der Waals surface area contributed by atoms with Gasteiger partial charge < -0.3 is 4.74 Å². The number of anilines is 1.